The van der Waals surface area contributed by atoms with E-state index in [4.69, 9.17) is 0 Å². The van der Waals surface area contributed by atoms with Crippen LogP contribution in [0.25, 0.3) is 22.3 Å². The van der Waals surface area contributed by atoms with Crippen LogP contribution in [0.5, 0.6) is 0 Å². The Morgan fingerprint density at radius 3 is 2.62 bits per heavy atom. The number of hydrogen-bond acceptors (Lipinski definition) is 7. The number of pyridine rings is 2. The molecule has 0 saturated heterocycles. The van der Waals surface area contributed by atoms with Crippen molar-refractivity contribution in [3.63, 3.8) is 0 Å². The molecule has 0 bridgehead atoms. The van der Waals surface area contributed by atoms with Gasteiger partial charge < -0.3 is 24.6 Å². The molecule has 2 aliphatic rings. The summed E-state index contributed by atoms with van der Waals surface area (Å²) in [7, 11) is 0. The van der Waals surface area contributed by atoms with Gasteiger partial charge in [0.05, 0.1) is 23.4 Å². The van der Waals surface area contributed by atoms with Crippen molar-refractivity contribution in [3.8, 4) is 11.4 Å². The molecule has 1 atom stereocenters. The van der Waals surface area contributed by atoms with E-state index in [-0.39, 0.29) is 35.5 Å². The van der Waals surface area contributed by atoms with Crippen LogP contribution in [0.2, 0.25) is 0 Å². The molecule has 29 heavy (non-hydrogen) atoms. The molecule has 5 rings (SSSR count). The van der Waals surface area contributed by atoms with Crippen molar-refractivity contribution >= 4 is 33.9 Å². The molecule has 3 N–H and O–H groups in total. The van der Waals surface area contributed by atoms with Crippen LogP contribution in [0.15, 0.2) is 41.2 Å². The second-order valence-electron chi connectivity index (χ2n) is 7.11. The predicted molar refractivity (Wildman–Crippen MR) is 107 cm³/mol. The summed E-state index contributed by atoms with van der Waals surface area (Å²) in [4.78, 5) is 30.0. The summed E-state index contributed by atoms with van der Waals surface area (Å²) >= 11 is 0. The number of carbonyl (C=O) groups excluding carboxylic acids is 1. The zero-order valence-corrected chi connectivity index (χ0v) is 17.0. The fourth-order valence-electron chi connectivity index (χ4n) is 4.02. The summed E-state index contributed by atoms with van der Waals surface area (Å²) in [6, 6.07) is 10.8. The van der Waals surface area contributed by atoms with Crippen LogP contribution in [0, 0.1) is 0 Å². The van der Waals surface area contributed by atoms with Gasteiger partial charge in [-0.15, -0.1) is 17.0 Å². The largest absolute Gasteiger partial charge is 0.401 e. The van der Waals surface area contributed by atoms with Crippen LogP contribution in [-0.2, 0) is 27.7 Å². The van der Waals surface area contributed by atoms with Crippen LogP contribution >= 0.6 is 17.0 Å². The average molecular weight is 461 g/mol. The van der Waals surface area contributed by atoms with Crippen LogP contribution in [0.1, 0.15) is 30.0 Å². The Kier molecular flexibility index (Phi) is 4.22. The molecular formula is C20H17BrN2O6. The highest BCUT2D eigenvalue weighted by atomic mass is 79.9. The van der Waals surface area contributed by atoms with E-state index in [2.05, 4.69) is 9.72 Å². The summed E-state index contributed by atoms with van der Waals surface area (Å²) in [5, 5.41) is 32.1. The molecular weight excluding hydrogens is 444 g/mol. The third-order valence-corrected chi connectivity index (χ3v) is 5.53. The number of cyclic esters (lactones) is 1. The van der Waals surface area contributed by atoms with Crippen LogP contribution < -0.4 is 5.56 Å². The van der Waals surface area contributed by atoms with Gasteiger partial charge in [-0.25, -0.2) is 9.78 Å². The number of aromatic nitrogens is 2. The number of fused-ring (bicyclic) bond motifs is 5. The maximum absolute atomic E-state index is 13.1. The Morgan fingerprint density at radius 2 is 1.90 bits per heavy atom. The summed E-state index contributed by atoms with van der Waals surface area (Å²) in [6.45, 7) is 1.72. The first-order valence-corrected chi connectivity index (χ1v) is 8.84. The van der Waals surface area contributed by atoms with Crippen molar-refractivity contribution in [3.05, 3.63) is 63.4 Å². The van der Waals surface area contributed by atoms with Gasteiger partial charge in [0.1, 0.15) is 5.56 Å². The zero-order valence-electron chi connectivity index (χ0n) is 15.2. The van der Waals surface area contributed by atoms with Crippen molar-refractivity contribution in [2.45, 2.75) is 31.5 Å². The summed E-state index contributed by atoms with van der Waals surface area (Å²) in [5.41, 5.74) is -1.15. The topological polar surface area (TPSA) is 122 Å². The van der Waals surface area contributed by atoms with E-state index in [1.54, 1.807) is 0 Å². The normalized spacial score (nSPS) is 21.0. The molecule has 0 spiro atoms. The first-order chi connectivity index (χ1) is 13.3. The molecule has 2 aliphatic heterocycles. The van der Waals surface area contributed by atoms with Crippen molar-refractivity contribution in [1.82, 2.24) is 9.55 Å². The molecule has 9 heteroatoms. The molecule has 0 saturated carbocycles. The van der Waals surface area contributed by atoms with Gasteiger partial charge in [0.15, 0.2) is 5.60 Å². The Balaban J connectivity index is 0.00000205. The summed E-state index contributed by atoms with van der Waals surface area (Å²) in [5.74, 6) is -4.33. The molecule has 0 amide bonds. The first kappa shape index (κ1) is 19.7. The highest BCUT2D eigenvalue weighted by Gasteiger charge is 2.54. The van der Waals surface area contributed by atoms with E-state index < -0.39 is 28.7 Å². The smallest absolute Gasteiger partial charge is 0.359 e. The minimum absolute atomic E-state index is 0. The van der Waals surface area contributed by atoms with Gasteiger partial charge in [-0.3, -0.25) is 4.79 Å². The molecule has 3 aromatic rings. The van der Waals surface area contributed by atoms with E-state index in [9.17, 15) is 24.9 Å². The minimum atomic E-state index is -3.11. The van der Waals surface area contributed by atoms with Crippen LogP contribution in [-0.4, -0.2) is 30.8 Å². The number of ether oxygens (including phenoxy) is 1. The van der Waals surface area contributed by atoms with E-state index in [0.29, 0.717) is 11.4 Å². The van der Waals surface area contributed by atoms with Crippen molar-refractivity contribution in [2.24, 2.45) is 0 Å². The third kappa shape index (κ3) is 2.52. The number of para-hydroxylation sites is 1. The highest BCUT2D eigenvalue weighted by Crippen LogP contribution is 2.42. The second-order valence-corrected chi connectivity index (χ2v) is 7.11. The summed E-state index contributed by atoms with van der Waals surface area (Å²) < 4.78 is 5.92. The van der Waals surface area contributed by atoms with Crippen LogP contribution in [0.3, 0.4) is 0 Å². The molecule has 0 fully saturated rings. The van der Waals surface area contributed by atoms with Gasteiger partial charge in [-0.05, 0) is 24.6 Å². The molecule has 0 radical (unpaired) electrons. The van der Waals surface area contributed by atoms with Crippen LogP contribution in [0.4, 0.5) is 0 Å². The maximum Gasteiger partial charge on any atom is 0.359 e. The Morgan fingerprint density at radius 1 is 1.17 bits per heavy atom. The van der Waals surface area contributed by atoms with Gasteiger partial charge in [0.25, 0.3) is 5.56 Å². The molecule has 0 unspecified atom stereocenters. The second kappa shape index (κ2) is 6.20. The highest BCUT2D eigenvalue weighted by molar-refractivity contribution is 8.93. The van der Waals surface area contributed by atoms with E-state index in [1.807, 2.05) is 30.3 Å². The lowest BCUT2D eigenvalue weighted by Gasteiger charge is -2.37. The lowest BCUT2D eigenvalue weighted by molar-refractivity contribution is -0.345. The fourth-order valence-corrected chi connectivity index (χ4v) is 4.02. The average Bonchev–Trinajstić information content (AvgIpc) is 3.02. The molecule has 150 valence electrons. The minimum Gasteiger partial charge on any atom is -0.401 e. The molecule has 0 aliphatic carbocycles. The first-order valence-electron chi connectivity index (χ1n) is 8.84. The number of halogens is 1. The van der Waals surface area contributed by atoms with Gasteiger partial charge >= 0.3 is 11.9 Å². The van der Waals surface area contributed by atoms with Gasteiger partial charge in [-0.1, -0.05) is 25.1 Å². The monoisotopic (exact) mass is 460 g/mol. The fraction of sp³-hybridized carbons (Fsp3) is 0.250. The van der Waals surface area contributed by atoms with Crippen molar-refractivity contribution in [2.75, 3.05) is 0 Å². The van der Waals surface area contributed by atoms with Gasteiger partial charge in [-0.2, -0.15) is 0 Å². The number of carbonyl (C=O) groups is 1. The van der Waals surface area contributed by atoms with E-state index in [0.717, 1.165) is 16.5 Å². The summed E-state index contributed by atoms with van der Waals surface area (Å²) in [6.07, 6.45) is -0.101. The van der Waals surface area contributed by atoms with E-state index in [1.165, 1.54) is 17.6 Å². The lowest BCUT2D eigenvalue weighted by Crippen LogP contribution is -2.53. The lowest BCUT2D eigenvalue weighted by atomic mass is 9.84. The Hall–Kier alpha value is -2.59. The van der Waals surface area contributed by atoms with Crippen molar-refractivity contribution in [1.29, 1.82) is 0 Å². The number of aliphatic hydroxyl groups is 3. The molecule has 4 heterocycles. The Labute approximate surface area is 174 Å². The number of benzene rings is 1. The zero-order chi connectivity index (χ0) is 19.8. The van der Waals surface area contributed by atoms with Crippen molar-refractivity contribution < 1.29 is 24.9 Å². The quantitative estimate of drug-likeness (QED) is 0.288. The number of esters is 1. The maximum atomic E-state index is 13.1. The van der Waals surface area contributed by atoms with E-state index >= 15 is 0 Å². The molecule has 2 aromatic heterocycles. The third-order valence-electron chi connectivity index (χ3n) is 5.53. The predicted octanol–water partition coefficient (Wildman–Crippen LogP) is 1.25. The Bertz CT molecular complexity index is 1250. The molecule has 8 nitrogen and oxygen atoms in total. The number of hydrogen-bond donors (Lipinski definition) is 3. The molecule has 1 aromatic carbocycles. The van der Waals surface area contributed by atoms with Gasteiger partial charge in [0.2, 0.25) is 0 Å². The number of rotatable bonds is 1. The van der Waals surface area contributed by atoms with Gasteiger partial charge in [0, 0.05) is 16.5 Å². The standard InChI is InChI=1S/C20H16N2O6.BrH/c1-2-19(25)12-8-14-16-11(7-10-5-3-4-6-13(10)21-16)9-22(14)17(23)15(12)20(26,27)28-18(19)24;/h3-8,25-27H,2,9H2,1H3;1H/t19-;/m0./s1. The SMILES string of the molecule is Br.CC[C@@]1(O)C(=O)OC(O)(O)c2c1cc1n(c2=O)Cc2cc3ccccc3nc2-1. The number of nitrogens with zero attached hydrogens (tertiary/aromatic N) is 2.